The van der Waals surface area contributed by atoms with Gasteiger partial charge in [0.15, 0.2) is 0 Å². The predicted octanol–water partition coefficient (Wildman–Crippen LogP) is 0.472. The van der Waals surface area contributed by atoms with Gasteiger partial charge in [0.05, 0.1) is 13.2 Å². The van der Waals surface area contributed by atoms with Crippen molar-refractivity contribution >= 4 is 11.8 Å². The van der Waals surface area contributed by atoms with E-state index in [0.29, 0.717) is 45.6 Å². The zero-order valence-electron chi connectivity index (χ0n) is 13.8. The fourth-order valence-electron chi connectivity index (χ4n) is 2.49. The van der Waals surface area contributed by atoms with Crippen LogP contribution >= 0.6 is 0 Å². The minimum atomic E-state index is -0.739. The summed E-state index contributed by atoms with van der Waals surface area (Å²) in [5.41, 5.74) is -0.739. The molecule has 1 fully saturated rings. The number of carbonyl (C=O) groups is 2. The number of hydrogen-bond donors (Lipinski definition) is 1. The molecule has 1 rings (SSSR count). The molecule has 6 heteroatoms. The van der Waals surface area contributed by atoms with E-state index in [4.69, 9.17) is 4.74 Å². The van der Waals surface area contributed by atoms with Gasteiger partial charge < -0.3 is 19.9 Å². The van der Waals surface area contributed by atoms with E-state index < -0.39 is 5.54 Å². The molecule has 0 atom stereocenters. The van der Waals surface area contributed by atoms with Gasteiger partial charge in [0.1, 0.15) is 5.54 Å². The summed E-state index contributed by atoms with van der Waals surface area (Å²) in [7, 11) is 3.99. The highest BCUT2D eigenvalue weighted by molar-refractivity contribution is 5.93. The molecule has 0 aromatic rings. The van der Waals surface area contributed by atoms with Gasteiger partial charge in [0.25, 0.3) is 0 Å². The number of nitrogens with zero attached hydrogens (tertiary/aromatic N) is 2. The van der Waals surface area contributed by atoms with Crippen LogP contribution in [-0.4, -0.2) is 74.1 Å². The predicted molar refractivity (Wildman–Crippen MR) is 82.0 cm³/mol. The molecule has 1 aliphatic rings. The average molecular weight is 299 g/mol. The third kappa shape index (κ3) is 4.97. The van der Waals surface area contributed by atoms with Crippen molar-refractivity contribution in [3.05, 3.63) is 0 Å². The molecule has 21 heavy (non-hydrogen) atoms. The minimum absolute atomic E-state index is 0.0227. The number of ether oxygens (including phenoxy) is 1. The molecule has 1 heterocycles. The number of hydrogen-bond acceptors (Lipinski definition) is 4. The van der Waals surface area contributed by atoms with Crippen molar-refractivity contribution in [2.24, 2.45) is 0 Å². The Morgan fingerprint density at radius 3 is 2.48 bits per heavy atom. The van der Waals surface area contributed by atoms with E-state index in [0.717, 1.165) is 6.54 Å². The standard InChI is InChI=1S/C15H29N3O3/c1-5-15(6-2)14(20)18(8-7-13(19)16-15)10-12-21-11-9-17(3)4/h5-12H2,1-4H3,(H,16,19). The van der Waals surface area contributed by atoms with Crippen LogP contribution in [0.1, 0.15) is 33.1 Å². The van der Waals surface area contributed by atoms with Crippen molar-refractivity contribution in [3.63, 3.8) is 0 Å². The van der Waals surface area contributed by atoms with Crippen molar-refractivity contribution in [1.29, 1.82) is 0 Å². The van der Waals surface area contributed by atoms with Crippen LogP contribution in [0.5, 0.6) is 0 Å². The highest BCUT2D eigenvalue weighted by Crippen LogP contribution is 2.21. The number of amides is 2. The van der Waals surface area contributed by atoms with Crippen LogP contribution in [0.3, 0.4) is 0 Å². The van der Waals surface area contributed by atoms with Crippen molar-refractivity contribution in [3.8, 4) is 0 Å². The topological polar surface area (TPSA) is 61.9 Å². The molecule has 0 spiro atoms. The first-order valence-corrected chi connectivity index (χ1v) is 7.78. The Morgan fingerprint density at radius 1 is 1.24 bits per heavy atom. The molecule has 0 radical (unpaired) electrons. The Labute approximate surface area is 127 Å². The lowest BCUT2D eigenvalue weighted by atomic mass is 9.91. The van der Waals surface area contributed by atoms with Crippen LogP contribution in [-0.2, 0) is 14.3 Å². The SMILES string of the molecule is CCC1(CC)NC(=O)CCN(CCOCCN(C)C)C1=O. The van der Waals surface area contributed by atoms with Gasteiger partial charge in [-0.1, -0.05) is 13.8 Å². The summed E-state index contributed by atoms with van der Waals surface area (Å²) in [6.45, 7) is 6.93. The van der Waals surface area contributed by atoms with Gasteiger partial charge in [0, 0.05) is 26.1 Å². The van der Waals surface area contributed by atoms with E-state index >= 15 is 0 Å². The number of carbonyl (C=O) groups excluding carboxylic acids is 2. The Morgan fingerprint density at radius 2 is 1.90 bits per heavy atom. The van der Waals surface area contributed by atoms with E-state index in [-0.39, 0.29) is 11.8 Å². The second-order valence-electron chi connectivity index (χ2n) is 5.80. The van der Waals surface area contributed by atoms with Crippen molar-refractivity contribution in [2.75, 3.05) is 46.9 Å². The molecule has 122 valence electrons. The Balaban J connectivity index is 2.56. The van der Waals surface area contributed by atoms with E-state index in [1.54, 1.807) is 4.90 Å². The largest absolute Gasteiger partial charge is 0.378 e. The van der Waals surface area contributed by atoms with E-state index in [1.165, 1.54) is 0 Å². The van der Waals surface area contributed by atoms with E-state index in [9.17, 15) is 9.59 Å². The number of nitrogens with one attached hydrogen (secondary N) is 1. The second kappa shape index (κ2) is 8.34. The third-order valence-electron chi connectivity index (χ3n) is 4.08. The fraction of sp³-hybridized carbons (Fsp3) is 0.867. The van der Waals surface area contributed by atoms with Crippen molar-refractivity contribution in [2.45, 2.75) is 38.6 Å². The highest BCUT2D eigenvalue weighted by atomic mass is 16.5. The van der Waals surface area contributed by atoms with Gasteiger partial charge in [-0.25, -0.2) is 0 Å². The summed E-state index contributed by atoms with van der Waals surface area (Å²) in [6, 6.07) is 0. The maximum atomic E-state index is 12.7. The lowest BCUT2D eigenvalue weighted by molar-refractivity contribution is -0.139. The molecular formula is C15H29N3O3. The van der Waals surface area contributed by atoms with Crippen LogP contribution in [0.2, 0.25) is 0 Å². The molecule has 0 unspecified atom stereocenters. The molecule has 1 aliphatic heterocycles. The quantitative estimate of drug-likeness (QED) is 0.662. The van der Waals surface area contributed by atoms with Gasteiger partial charge in [-0.2, -0.15) is 0 Å². The lowest BCUT2D eigenvalue weighted by Crippen LogP contribution is -2.56. The summed E-state index contributed by atoms with van der Waals surface area (Å²) in [5, 5.41) is 2.91. The van der Waals surface area contributed by atoms with Gasteiger partial charge in [-0.3, -0.25) is 9.59 Å². The average Bonchev–Trinajstić information content (AvgIpc) is 2.57. The summed E-state index contributed by atoms with van der Waals surface area (Å²) >= 11 is 0. The summed E-state index contributed by atoms with van der Waals surface area (Å²) < 4.78 is 5.56. The van der Waals surface area contributed by atoms with E-state index in [2.05, 4.69) is 10.2 Å². The van der Waals surface area contributed by atoms with Gasteiger partial charge in [-0.05, 0) is 26.9 Å². The molecule has 6 nitrogen and oxygen atoms in total. The summed E-state index contributed by atoms with van der Waals surface area (Å²) in [6.07, 6.45) is 1.60. The molecule has 0 aromatic carbocycles. The Hall–Kier alpha value is -1.14. The van der Waals surface area contributed by atoms with Gasteiger partial charge >= 0.3 is 0 Å². The van der Waals surface area contributed by atoms with Crippen molar-refractivity contribution < 1.29 is 14.3 Å². The third-order valence-corrected chi connectivity index (χ3v) is 4.08. The van der Waals surface area contributed by atoms with Crippen LogP contribution in [0.15, 0.2) is 0 Å². The molecule has 0 saturated carbocycles. The molecule has 0 bridgehead atoms. The zero-order valence-corrected chi connectivity index (χ0v) is 13.8. The monoisotopic (exact) mass is 299 g/mol. The number of rotatable bonds is 8. The first kappa shape index (κ1) is 17.9. The Kier molecular flexibility index (Phi) is 7.11. The summed E-state index contributed by atoms with van der Waals surface area (Å²) in [4.78, 5) is 28.3. The van der Waals surface area contributed by atoms with Crippen LogP contribution < -0.4 is 5.32 Å². The normalized spacial score (nSPS) is 18.8. The Bertz CT molecular complexity index is 354. The number of likely N-dealkylation sites (N-methyl/N-ethyl adjacent to an activating group) is 1. The molecule has 1 saturated heterocycles. The molecule has 2 amide bonds. The van der Waals surface area contributed by atoms with Gasteiger partial charge in [0.2, 0.25) is 11.8 Å². The highest BCUT2D eigenvalue weighted by Gasteiger charge is 2.41. The van der Waals surface area contributed by atoms with Crippen LogP contribution in [0, 0.1) is 0 Å². The van der Waals surface area contributed by atoms with Crippen LogP contribution in [0.25, 0.3) is 0 Å². The molecule has 1 N–H and O–H groups in total. The maximum Gasteiger partial charge on any atom is 0.248 e. The molecule has 0 aromatic heterocycles. The summed E-state index contributed by atoms with van der Waals surface area (Å²) in [5.74, 6) is -0.0161. The first-order valence-electron chi connectivity index (χ1n) is 7.78. The minimum Gasteiger partial charge on any atom is -0.378 e. The molecular weight excluding hydrogens is 270 g/mol. The smallest absolute Gasteiger partial charge is 0.248 e. The maximum absolute atomic E-state index is 12.7. The molecule has 0 aliphatic carbocycles. The fourth-order valence-corrected chi connectivity index (χ4v) is 2.49. The van der Waals surface area contributed by atoms with Crippen LogP contribution in [0.4, 0.5) is 0 Å². The first-order chi connectivity index (χ1) is 9.95. The van der Waals surface area contributed by atoms with Crippen molar-refractivity contribution in [1.82, 2.24) is 15.1 Å². The lowest BCUT2D eigenvalue weighted by Gasteiger charge is -2.33. The van der Waals surface area contributed by atoms with E-state index in [1.807, 2.05) is 27.9 Å². The second-order valence-corrected chi connectivity index (χ2v) is 5.80. The van der Waals surface area contributed by atoms with Gasteiger partial charge in [-0.15, -0.1) is 0 Å². The zero-order chi connectivity index (χ0) is 15.9.